The van der Waals surface area contributed by atoms with Crippen molar-refractivity contribution in [1.29, 1.82) is 0 Å². The van der Waals surface area contributed by atoms with E-state index in [-0.39, 0.29) is 12.4 Å². The van der Waals surface area contributed by atoms with Crippen LogP contribution in [0, 0.1) is 6.92 Å². The van der Waals surface area contributed by atoms with E-state index in [1.165, 1.54) is 23.9 Å². The number of fused-ring (bicyclic) bond motifs is 3. The Labute approximate surface area is 179 Å². The Morgan fingerprint density at radius 3 is 2.58 bits per heavy atom. The first-order chi connectivity index (χ1) is 15.0. The number of para-hydroxylation sites is 1. The van der Waals surface area contributed by atoms with Crippen LogP contribution in [-0.2, 0) is 19.4 Å². The van der Waals surface area contributed by atoms with Crippen LogP contribution in [0.3, 0.4) is 0 Å². The third kappa shape index (κ3) is 4.72. The van der Waals surface area contributed by atoms with E-state index < -0.39 is 6.61 Å². The number of aryl methyl sites for hydroxylation is 3. The van der Waals surface area contributed by atoms with Gasteiger partial charge in [-0.1, -0.05) is 24.3 Å². The third-order valence-corrected chi connectivity index (χ3v) is 5.26. The highest BCUT2D eigenvalue weighted by molar-refractivity contribution is 5.64. The lowest BCUT2D eigenvalue weighted by Gasteiger charge is -2.05. The molecule has 0 fully saturated rings. The molecule has 1 aliphatic rings. The molecule has 0 saturated heterocycles. The van der Waals surface area contributed by atoms with Gasteiger partial charge in [-0.3, -0.25) is 4.98 Å². The van der Waals surface area contributed by atoms with Gasteiger partial charge in [0, 0.05) is 29.2 Å². The van der Waals surface area contributed by atoms with Gasteiger partial charge in [0.15, 0.2) is 0 Å². The Bertz CT molecular complexity index is 1170. The van der Waals surface area contributed by atoms with Crippen LogP contribution < -0.4 is 4.74 Å². The summed E-state index contributed by atoms with van der Waals surface area (Å²) >= 11 is 0. The van der Waals surface area contributed by atoms with E-state index in [0.29, 0.717) is 11.3 Å². The molecule has 160 valence electrons. The molecule has 0 atom stereocenters. The summed E-state index contributed by atoms with van der Waals surface area (Å²) in [5.41, 5.74) is 7.22. The Hall–Kier alpha value is -3.32. The lowest BCUT2D eigenvalue weighted by Crippen LogP contribution is -2.02. The van der Waals surface area contributed by atoms with Crippen molar-refractivity contribution in [3.05, 3.63) is 83.6 Å². The second kappa shape index (κ2) is 9.22. The smallest absolute Gasteiger partial charge is 0.387 e. The van der Waals surface area contributed by atoms with Crippen molar-refractivity contribution in [1.82, 2.24) is 14.4 Å². The van der Waals surface area contributed by atoms with Crippen LogP contribution in [0.25, 0.3) is 16.8 Å². The van der Waals surface area contributed by atoms with Crippen molar-refractivity contribution < 1.29 is 18.6 Å². The second-order valence-corrected chi connectivity index (χ2v) is 7.35. The molecule has 0 radical (unpaired) electrons. The van der Waals surface area contributed by atoms with Crippen LogP contribution in [0.15, 0.2) is 60.9 Å². The van der Waals surface area contributed by atoms with Crippen LogP contribution >= 0.6 is 0 Å². The lowest BCUT2D eigenvalue weighted by molar-refractivity contribution is -0.0502. The zero-order valence-electron chi connectivity index (χ0n) is 17.1. The van der Waals surface area contributed by atoms with Crippen molar-refractivity contribution in [2.24, 2.45) is 0 Å². The molecule has 1 aliphatic carbocycles. The topological polar surface area (TPSA) is 59.7 Å². The molecule has 0 saturated carbocycles. The van der Waals surface area contributed by atoms with E-state index in [0.717, 1.165) is 29.6 Å². The highest BCUT2D eigenvalue weighted by atomic mass is 19.3. The maximum atomic E-state index is 11.7. The molecular weight excluding hydrogens is 400 g/mol. The molecule has 0 aliphatic heterocycles. The van der Waals surface area contributed by atoms with Crippen LogP contribution in [-0.4, -0.2) is 26.1 Å². The molecule has 0 spiro atoms. The quantitative estimate of drug-likeness (QED) is 0.503. The summed E-state index contributed by atoms with van der Waals surface area (Å²) in [6.45, 7) is -1.04. The second-order valence-electron chi connectivity index (χ2n) is 7.35. The molecule has 7 heteroatoms. The van der Waals surface area contributed by atoms with E-state index in [1.54, 1.807) is 25.1 Å². The number of aliphatic hydroxyl groups excluding tert-OH is 1. The summed E-state index contributed by atoms with van der Waals surface area (Å²) in [5, 5.41) is 9.04. The summed E-state index contributed by atoms with van der Waals surface area (Å²) in [5.74, 6) is 0.238. The first-order valence-corrected chi connectivity index (χ1v) is 10.1. The first kappa shape index (κ1) is 20.9. The summed E-state index contributed by atoms with van der Waals surface area (Å²) in [6.07, 6.45) is 7.37. The molecule has 3 aromatic heterocycles. The lowest BCUT2D eigenvalue weighted by atomic mass is 10.1. The van der Waals surface area contributed by atoms with Gasteiger partial charge < -0.3 is 14.2 Å². The van der Waals surface area contributed by atoms with Gasteiger partial charge >= 0.3 is 6.61 Å². The number of pyridine rings is 2. The largest absolute Gasteiger partial charge is 0.435 e. The minimum Gasteiger partial charge on any atom is -0.435 e. The molecule has 1 N–H and O–H groups in total. The van der Waals surface area contributed by atoms with Gasteiger partial charge in [0.05, 0.1) is 18.0 Å². The summed E-state index contributed by atoms with van der Waals surface area (Å²) in [4.78, 5) is 8.91. The molecule has 0 amide bonds. The average molecular weight is 423 g/mol. The molecule has 4 aromatic rings. The van der Waals surface area contributed by atoms with Crippen molar-refractivity contribution in [3.63, 3.8) is 0 Å². The number of ether oxygens (including phenoxy) is 1. The normalized spacial score (nSPS) is 12.5. The Morgan fingerprint density at radius 2 is 1.87 bits per heavy atom. The molecule has 3 heterocycles. The van der Waals surface area contributed by atoms with Crippen LogP contribution in [0.2, 0.25) is 0 Å². The van der Waals surface area contributed by atoms with Crippen LogP contribution in [0.4, 0.5) is 8.78 Å². The average Bonchev–Trinajstić information content (AvgIpc) is 3.37. The number of hydrogen-bond donors (Lipinski definition) is 1. The number of hydrogen-bond acceptors (Lipinski definition) is 4. The van der Waals surface area contributed by atoms with E-state index in [4.69, 9.17) is 5.11 Å². The fourth-order valence-electron chi connectivity index (χ4n) is 3.67. The van der Waals surface area contributed by atoms with Gasteiger partial charge in [0.1, 0.15) is 11.4 Å². The molecular formula is C24H23F2N3O2. The predicted octanol–water partition coefficient (Wildman–Crippen LogP) is 4.97. The highest BCUT2D eigenvalue weighted by Crippen LogP contribution is 2.26. The van der Waals surface area contributed by atoms with E-state index in [2.05, 4.69) is 37.4 Å². The summed E-state index contributed by atoms with van der Waals surface area (Å²) in [6, 6.07) is 14.7. The zero-order chi connectivity index (χ0) is 21.8. The van der Waals surface area contributed by atoms with Gasteiger partial charge in [-0.05, 0) is 56.0 Å². The monoisotopic (exact) mass is 423 g/mol. The van der Waals surface area contributed by atoms with Gasteiger partial charge in [-0.15, -0.1) is 0 Å². The first-order valence-electron chi connectivity index (χ1n) is 10.1. The van der Waals surface area contributed by atoms with E-state index in [1.807, 2.05) is 18.3 Å². The molecule has 5 rings (SSSR count). The van der Waals surface area contributed by atoms with Crippen molar-refractivity contribution in [2.45, 2.75) is 39.4 Å². The SMILES string of the molecule is Cc1ccccc1OC(F)F.OCc1ccc(-c2ccc3nc4c(n3c2)CCC4)cn1. The van der Waals surface area contributed by atoms with Gasteiger partial charge in [-0.2, -0.15) is 8.78 Å². The van der Waals surface area contributed by atoms with Gasteiger partial charge in [-0.25, -0.2) is 4.98 Å². The van der Waals surface area contributed by atoms with Crippen molar-refractivity contribution >= 4 is 5.65 Å². The number of rotatable bonds is 4. The molecule has 1 aromatic carbocycles. The van der Waals surface area contributed by atoms with Crippen molar-refractivity contribution in [2.75, 3.05) is 0 Å². The highest BCUT2D eigenvalue weighted by Gasteiger charge is 2.17. The predicted molar refractivity (Wildman–Crippen MR) is 114 cm³/mol. The maximum absolute atomic E-state index is 11.7. The fourth-order valence-corrected chi connectivity index (χ4v) is 3.67. The third-order valence-electron chi connectivity index (χ3n) is 5.26. The molecule has 0 bridgehead atoms. The van der Waals surface area contributed by atoms with Crippen LogP contribution in [0.5, 0.6) is 5.75 Å². The van der Waals surface area contributed by atoms with Crippen molar-refractivity contribution in [3.8, 4) is 16.9 Å². The zero-order valence-corrected chi connectivity index (χ0v) is 17.1. The molecule has 31 heavy (non-hydrogen) atoms. The summed E-state index contributed by atoms with van der Waals surface area (Å²) < 4.78 is 29.8. The minimum atomic E-state index is -2.74. The Kier molecular flexibility index (Phi) is 6.23. The molecule has 0 unspecified atom stereocenters. The molecule has 5 nitrogen and oxygen atoms in total. The summed E-state index contributed by atoms with van der Waals surface area (Å²) in [7, 11) is 0. The number of imidazole rings is 1. The van der Waals surface area contributed by atoms with Crippen LogP contribution in [0.1, 0.15) is 29.1 Å². The number of nitrogens with zero attached hydrogens (tertiary/aromatic N) is 3. The number of halogens is 2. The van der Waals surface area contributed by atoms with Gasteiger partial charge in [0.25, 0.3) is 0 Å². The standard InChI is InChI=1S/C16H15N3O.C8H8F2O/c20-10-13-6-4-11(8-17-13)12-5-7-16-18-14-2-1-3-15(14)19(16)9-12;1-6-4-2-3-5-7(6)11-8(9)10/h4-9,20H,1-3,10H2;2-5,8H,1H3. The number of aromatic nitrogens is 3. The number of aliphatic hydroxyl groups is 1. The Morgan fingerprint density at radius 1 is 1.06 bits per heavy atom. The number of benzene rings is 1. The minimum absolute atomic E-state index is 0.0195. The maximum Gasteiger partial charge on any atom is 0.387 e. The fraction of sp³-hybridized carbons (Fsp3) is 0.250. The van der Waals surface area contributed by atoms with Gasteiger partial charge in [0.2, 0.25) is 0 Å². The number of alkyl halides is 2. The van der Waals surface area contributed by atoms with E-state index >= 15 is 0 Å². The van der Waals surface area contributed by atoms with E-state index in [9.17, 15) is 8.78 Å². The Balaban J connectivity index is 0.000000180.